The van der Waals surface area contributed by atoms with Crippen molar-refractivity contribution in [3.63, 3.8) is 0 Å². The molecule has 0 unspecified atom stereocenters. The molecule has 1 amide bonds. The Morgan fingerprint density at radius 3 is 2.48 bits per heavy atom. The lowest BCUT2D eigenvalue weighted by atomic mass is 9.93. The molecule has 0 bridgehead atoms. The van der Waals surface area contributed by atoms with Crippen LogP contribution in [0.2, 0.25) is 10.0 Å². The molecule has 138 valence electrons. The van der Waals surface area contributed by atoms with Gasteiger partial charge in [-0.15, -0.1) is 0 Å². The number of piperidine rings is 1. The topological polar surface area (TPSA) is 56.7 Å². The summed E-state index contributed by atoms with van der Waals surface area (Å²) < 4.78 is 0. The number of carbonyl (C=O) groups is 1. The number of hydrogen-bond acceptors (Lipinski definition) is 2. The number of nitrogens with one attached hydrogen (secondary N) is 2. The summed E-state index contributed by atoms with van der Waals surface area (Å²) in [6.45, 7) is 2.54. The number of nitrogens with zero attached hydrogens (tertiary/aromatic N) is 2. The predicted molar refractivity (Wildman–Crippen MR) is 105 cm³/mol. The molecule has 7 heteroatoms. The molecule has 1 aromatic rings. The molecule has 0 atom stereocenters. The summed E-state index contributed by atoms with van der Waals surface area (Å²) in [6.07, 6.45) is 3.36. The highest BCUT2D eigenvalue weighted by atomic mass is 35.5. The van der Waals surface area contributed by atoms with E-state index in [1.165, 1.54) is 0 Å². The average Bonchev–Trinajstić information content (AvgIpc) is 2.61. The smallest absolute Gasteiger partial charge is 0.220 e. The monoisotopic (exact) mass is 384 g/mol. The molecule has 1 heterocycles. The van der Waals surface area contributed by atoms with Crippen LogP contribution in [0.25, 0.3) is 0 Å². The Balaban J connectivity index is 1.81. The molecular weight excluding hydrogens is 359 g/mol. The number of likely N-dealkylation sites (tertiary alicyclic amines) is 1. The Kier molecular flexibility index (Phi) is 7.85. The van der Waals surface area contributed by atoms with E-state index in [1.54, 1.807) is 14.1 Å². The zero-order valence-electron chi connectivity index (χ0n) is 14.8. The Labute approximate surface area is 159 Å². The first-order valence-corrected chi connectivity index (χ1v) is 9.39. The van der Waals surface area contributed by atoms with Gasteiger partial charge in [0.2, 0.25) is 5.91 Å². The van der Waals surface area contributed by atoms with Crippen molar-refractivity contribution in [2.24, 2.45) is 10.9 Å². The second kappa shape index (κ2) is 9.88. The minimum Gasteiger partial charge on any atom is -0.359 e. The van der Waals surface area contributed by atoms with Crippen molar-refractivity contribution in [2.75, 3.05) is 33.7 Å². The van der Waals surface area contributed by atoms with E-state index in [2.05, 4.69) is 20.5 Å². The van der Waals surface area contributed by atoms with Gasteiger partial charge in [0.1, 0.15) is 0 Å². The van der Waals surface area contributed by atoms with Crippen molar-refractivity contribution in [2.45, 2.75) is 25.7 Å². The number of carbonyl (C=O) groups excluding carboxylic acids is 1. The Morgan fingerprint density at radius 2 is 1.92 bits per heavy atom. The maximum Gasteiger partial charge on any atom is 0.220 e. The van der Waals surface area contributed by atoms with E-state index in [9.17, 15) is 4.79 Å². The Bertz CT molecular complexity index is 593. The normalized spacial score (nSPS) is 16.0. The molecule has 1 saturated heterocycles. The van der Waals surface area contributed by atoms with Crippen LogP contribution in [0.5, 0.6) is 0 Å². The van der Waals surface area contributed by atoms with Crippen molar-refractivity contribution < 1.29 is 4.79 Å². The summed E-state index contributed by atoms with van der Waals surface area (Å²) in [5.41, 5.74) is 0.957. The fourth-order valence-corrected chi connectivity index (χ4v) is 3.70. The van der Waals surface area contributed by atoms with Crippen molar-refractivity contribution >= 4 is 35.1 Å². The van der Waals surface area contributed by atoms with Gasteiger partial charge < -0.3 is 15.5 Å². The third-order valence-electron chi connectivity index (χ3n) is 4.60. The van der Waals surface area contributed by atoms with Crippen LogP contribution >= 0.6 is 23.2 Å². The zero-order valence-corrected chi connectivity index (χ0v) is 16.3. The van der Waals surface area contributed by atoms with Crippen LogP contribution in [-0.2, 0) is 11.2 Å². The van der Waals surface area contributed by atoms with Crippen LogP contribution < -0.4 is 10.6 Å². The predicted octanol–water partition coefficient (Wildman–Crippen LogP) is 2.96. The molecule has 1 fully saturated rings. The lowest BCUT2D eigenvalue weighted by molar-refractivity contribution is -0.121. The summed E-state index contributed by atoms with van der Waals surface area (Å²) in [5.74, 6) is 1.47. The minimum atomic E-state index is 0.123. The van der Waals surface area contributed by atoms with Crippen LogP contribution in [0.4, 0.5) is 0 Å². The van der Waals surface area contributed by atoms with Crippen molar-refractivity contribution in [3.8, 4) is 0 Å². The van der Waals surface area contributed by atoms with Gasteiger partial charge in [-0.25, -0.2) is 0 Å². The van der Waals surface area contributed by atoms with Crippen LogP contribution in [0, 0.1) is 5.92 Å². The molecule has 2 rings (SSSR count). The molecule has 1 aliphatic rings. The average molecular weight is 385 g/mol. The van der Waals surface area contributed by atoms with Crippen LogP contribution in [0.1, 0.15) is 24.8 Å². The summed E-state index contributed by atoms with van der Waals surface area (Å²) >= 11 is 12.4. The number of guanidine groups is 1. The molecule has 0 spiro atoms. The molecule has 0 aromatic heterocycles. The number of rotatable bonds is 5. The number of aliphatic imine (C=N–C) groups is 1. The molecule has 1 aliphatic heterocycles. The van der Waals surface area contributed by atoms with Gasteiger partial charge in [0.05, 0.1) is 0 Å². The second-order valence-corrected chi connectivity index (χ2v) is 7.05. The number of hydrogen-bond donors (Lipinski definition) is 2. The van der Waals surface area contributed by atoms with Crippen LogP contribution in [-0.4, -0.2) is 50.5 Å². The highest BCUT2D eigenvalue weighted by Crippen LogP contribution is 2.24. The fourth-order valence-electron chi connectivity index (χ4n) is 3.12. The Morgan fingerprint density at radius 1 is 1.28 bits per heavy atom. The zero-order chi connectivity index (χ0) is 18.2. The van der Waals surface area contributed by atoms with Crippen LogP contribution in [0.3, 0.4) is 0 Å². The highest BCUT2D eigenvalue weighted by molar-refractivity contribution is 6.36. The molecule has 0 radical (unpaired) electrons. The SMILES string of the molecule is CN=C(NCCc1c(Cl)cccc1Cl)N1CCC(CC(=O)NC)CC1. The number of amides is 1. The van der Waals surface area contributed by atoms with Gasteiger partial charge in [-0.05, 0) is 42.9 Å². The molecule has 25 heavy (non-hydrogen) atoms. The molecular formula is C18H26Cl2N4O. The molecule has 0 aliphatic carbocycles. The first-order chi connectivity index (χ1) is 12.0. The first-order valence-electron chi connectivity index (χ1n) is 8.64. The summed E-state index contributed by atoms with van der Waals surface area (Å²) in [6, 6.07) is 5.56. The summed E-state index contributed by atoms with van der Waals surface area (Å²) in [5, 5.41) is 7.48. The number of halogens is 2. The van der Waals surface area contributed by atoms with E-state index in [0.717, 1.165) is 43.9 Å². The molecule has 2 N–H and O–H groups in total. The van der Waals surface area contributed by atoms with E-state index in [4.69, 9.17) is 23.2 Å². The quantitative estimate of drug-likeness (QED) is 0.605. The van der Waals surface area contributed by atoms with Gasteiger partial charge in [-0.2, -0.15) is 0 Å². The van der Waals surface area contributed by atoms with Gasteiger partial charge in [-0.1, -0.05) is 29.3 Å². The lowest BCUT2D eigenvalue weighted by Crippen LogP contribution is -2.46. The van der Waals surface area contributed by atoms with E-state index in [1.807, 2.05) is 18.2 Å². The molecule has 5 nitrogen and oxygen atoms in total. The van der Waals surface area contributed by atoms with E-state index in [0.29, 0.717) is 28.9 Å². The standard InChI is InChI=1S/C18H26Cl2N4O/c1-21-17(25)12-13-7-10-24(11-8-13)18(22-2)23-9-6-14-15(19)4-3-5-16(14)20/h3-5,13H,6-12H2,1-2H3,(H,21,25)(H,22,23). The molecule has 1 aromatic carbocycles. The highest BCUT2D eigenvalue weighted by Gasteiger charge is 2.23. The van der Waals surface area contributed by atoms with Crippen molar-refractivity contribution in [3.05, 3.63) is 33.8 Å². The maximum absolute atomic E-state index is 11.5. The third kappa shape index (κ3) is 5.79. The summed E-state index contributed by atoms with van der Waals surface area (Å²) in [7, 11) is 3.48. The lowest BCUT2D eigenvalue weighted by Gasteiger charge is -2.34. The third-order valence-corrected chi connectivity index (χ3v) is 5.31. The Hall–Kier alpha value is -1.46. The van der Waals surface area contributed by atoms with Gasteiger partial charge in [0.25, 0.3) is 0 Å². The van der Waals surface area contributed by atoms with Crippen molar-refractivity contribution in [1.82, 2.24) is 15.5 Å². The summed E-state index contributed by atoms with van der Waals surface area (Å²) in [4.78, 5) is 18.1. The molecule has 0 saturated carbocycles. The van der Waals surface area contributed by atoms with Crippen molar-refractivity contribution in [1.29, 1.82) is 0 Å². The van der Waals surface area contributed by atoms with E-state index < -0.39 is 0 Å². The van der Waals surface area contributed by atoms with E-state index in [-0.39, 0.29) is 5.91 Å². The fraction of sp³-hybridized carbons (Fsp3) is 0.556. The van der Waals surface area contributed by atoms with Gasteiger partial charge >= 0.3 is 0 Å². The second-order valence-electron chi connectivity index (χ2n) is 6.23. The van der Waals surface area contributed by atoms with Gasteiger partial charge in [0, 0.05) is 50.2 Å². The van der Waals surface area contributed by atoms with E-state index >= 15 is 0 Å². The van der Waals surface area contributed by atoms with Gasteiger partial charge in [-0.3, -0.25) is 9.79 Å². The van der Waals surface area contributed by atoms with Gasteiger partial charge in [0.15, 0.2) is 5.96 Å². The van der Waals surface area contributed by atoms with Crippen LogP contribution in [0.15, 0.2) is 23.2 Å². The maximum atomic E-state index is 11.5. The number of benzene rings is 1. The minimum absolute atomic E-state index is 0.123. The largest absolute Gasteiger partial charge is 0.359 e. The first kappa shape index (κ1) is 19.9.